The van der Waals surface area contributed by atoms with Gasteiger partial charge in [0.2, 0.25) is 0 Å². The lowest BCUT2D eigenvalue weighted by molar-refractivity contribution is 1.37. The molecule has 0 spiro atoms. The summed E-state index contributed by atoms with van der Waals surface area (Å²) >= 11 is 0.0409. The van der Waals surface area contributed by atoms with Gasteiger partial charge in [0.15, 0.2) is 0 Å². The van der Waals surface area contributed by atoms with Crippen molar-refractivity contribution in [2.24, 2.45) is 0 Å². The van der Waals surface area contributed by atoms with E-state index in [1.165, 1.54) is 11.1 Å². The second-order valence-electron chi connectivity index (χ2n) is 2.71. The molecule has 0 saturated heterocycles. The van der Waals surface area contributed by atoms with Crippen LogP contribution in [0.4, 0.5) is 0 Å². The zero-order valence-corrected chi connectivity index (χ0v) is 10.5. The largest absolute Gasteiger partial charge is 0.405 e. The third-order valence-corrected chi connectivity index (χ3v) is 3.63. The molecule has 1 aromatic carbocycles. The van der Waals surface area contributed by atoms with Crippen molar-refractivity contribution in [1.82, 2.24) is 0 Å². The zero-order chi connectivity index (χ0) is 7.56. The molecule has 2 heteroatoms. The molecule has 0 N–H and O–H groups in total. The van der Waals surface area contributed by atoms with Gasteiger partial charge in [0.25, 0.3) is 0 Å². The zero-order valence-electron chi connectivity index (χ0n) is 7.35. The monoisotopic (exact) mass is 224 g/mol. The van der Waals surface area contributed by atoms with Crippen molar-refractivity contribution in [1.29, 1.82) is 0 Å². The predicted molar refractivity (Wildman–Crippen MR) is 57.5 cm³/mol. The third-order valence-electron chi connectivity index (χ3n) is 2.10. The molecule has 0 aliphatic rings. The number of rotatable bonds is 1. The quantitative estimate of drug-likeness (QED) is 0.643. The average Bonchev–Trinajstić information content (AvgIpc) is 1.95. The van der Waals surface area contributed by atoms with Crippen LogP contribution in [0.5, 0.6) is 0 Å². The Kier molecular flexibility index (Phi) is 5.39. The Bertz CT molecular complexity index is 233. The Balaban J connectivity index is 0.000001000. The lowest BCUT2D eigenvalue weighted by Gasteiger charge is -2.04. The molecule has 0 fully saturated rings. The maximum atomic E-state index is 2.34. The van der Waals surface area contributed by atoms with Crippen LogP contribution in [0.3, 0.4) is 0 Å². The van der Waals surface area contributed by atoms with Gasteiger partial charge in [-0.3, -0.25) is 0 Å². The fraction of sp³-hybridized carbons (Fsp3) is 0.333. The van der Waals surface area contributed by atoms with E-state index in [1.807, 2.05) is 0 Å². The van der Waals surface area contributed by atoms with E-state index in [-0.39, 0.29) is 37.3 Å². The van der Waals surface area contributed by atoms with Crippen LogP contribution in [0.1, 0.15) is 11.1 Å². The van der Waals surface area contributed by atoms with Gasteiger partial charge < -0.3 is 0 Å². The van der Waals surface area contributed by atoms with Crippen LogP contribution in [0.25, 0.3) is 0 Å². The molecule has 0 amide bonds. The molecule has 0 nitrogen and oxygen atoms in total. The molecule has 0 aromatic heterocycles. The van der Waals surface area contributed by atoms with Crippen LogP contribution in [0.15, 0.2) is 18.2 Å². The summed E-state index contributed by atoms with van der Waals surface area (Å²) in [7, 11) is 0. The minimum atomic E-state index is 0. The summed E-state index contributed by atoms with van der Waals surface area (Å²) in [6.45, 7) is 4.41. The van der Waals surface area contributed by atoms with E-state index in [2.05, 4.69) is 37.1 Å². The Morgan fingerprint density at radius 2 is 1.82 bits per heavy atom. The van der Waals surface area contributed by atoms with Crippen LogP contribution < -0.4 is 3.69 Å². The standard InChI is InChI=1S/C8H9.CH3.BrH.Mg/c1-7-5-3-4-6-8(7)2;;;/h3-5H,1-2H3;1H3;1H;. The lowest BCUT2D eigenvalue weighted by Crippen LogP contribution is -2.14. The van der Waals surface area contributed by atoms with Crippen LogP contribution in [0, 0.1) is 13.8 Å². The molecule has 0 bridgehead atoms. The normalized spacial score (nSPS) is 8.27. The van der Waals surface area contributed by atoms with Crippen LogP contribution in [-0.2, 0) is 0 Å². The third kappa shape index (κ3) is 2.77. The lowest BCUT2D eigenvalue weighted by atomic mass is 10.1. The molecular formula is C9H13BrMg. The van der Waals surface area contributed by atoms with E-state index in [0.29, 0.717) is 0 Å². The number of hydrogen-bond donors (Lipinski definition) is 0. The molecule has 11 heavy (non-hydrogen) atoms. The molecule has 1 aromatic rings. The van der Waals surface area contributed by atoms with E-state index in [4.69, 9.17) is 0 Å². The summed E-state index contributed by atoms with van der Waals surface area (Å²) in [6.07, 6.45) is 0. The Labute approximate surface area is 88.9 Å². The van der Waals surface area contributed by atoms with Crippen molar-refractivity contribution < 1.29 is 0 Å². The van der Waals surface area contributed by atoms with Gasteiger partial charge in [-0.1, -0.05) is 29.3 Å². The van der Waals surface area contributed by atoms with E-state index in [1.54, 1.807) is 3.69 Å². The van der Waals surface area contributed by atoms with Gasteiger partial charge in [-0.25, -0.2) is 0 Å². The van der Waals surface area contributed by atoms with Gasteiger partial charge in [0.1, 0.15) is 0 Å². The maximum absolute atomic E-state index is 2.34. The summed E-state index contributed by atoms with van der Waals surface area (Å²) in [6, 6.07) is 6.60. The Morgan fingerprint density at radius 1 is 1.18 bits per heavy atom. The van der Waals surface area contributed by atoms with Gasteiger partial charge in [-0.15, -0.1) is 22.0 Å². The van der Waals surface area contributed by atoms with E-state index >= 15 is 0 Å². The maximum Gasteiger partial charge on any atom is 0.405 e. The fourth-order valence-electron chi connectivity index (χ4n) is 1.19. The molecule has 0 saturated carbocycles. The van der Waals surface area contributed by atoms with Crippen molar-refractivity contribution in [2.45, 2.75) is 18.9 Å². The van der Waals surface area contributed by atoms with Gasteiger partial charge in [-0.2, -0.15) is 3.69 Å². The Hall–Kier alpha value is 0.466. The highest BCUT2D eigenvalue weighted by atomic mass is 79.9. The highest BCUT2D eigenvalue weighted by Crippen LogP contribution is 2.01. The first-order valence-corrected chi connectivity index (χ1v) is 5.93. The van der Waals surface area contributed by atoms with Crippen molar-refractivity contribution in [3.63, 3.8) is 0 Å². The summed E-state index contributed by atoms with van der Waals surface area (Å²) in [4.78, 5) is 0. The van der Waals surface area contributed by atoms with Crippen LogP contribution >= 0.6 is 17.0 Å². The summed E-state index contributed by atoms with van der Waals surface area (Å²) in [5, 5.41) is 2.34. The van der Waals surface area contributed by atoms with Gasteiger partial charge in [0.05, 0.1) is 0 Å². The SMILES string of the molecule is Br.[CH3][Mg][c]1cccc(C)c1C. The highest BCUT2D eigenvalue weighted by molar-refractivity contribution is 8.93. The first-order chi connectivity index (χ1) is 4.75. The van der Waals surface area contributed by atoms with Crippen molar-refractivity contribution in [3.05, 3.63) is 29.3 Å². The average molecular weight is 225 g/mol. The number of hydrogen-bond acceptors (Lipinski definition) is 0. The van der Waals surface area contributed by atoms with Crippen molar-refractivity contribution in [2.75, 3.05) is 0 Å². The highest BCUT2D eigenvalue weighted by Gasteiger charge is 1.97. The van der Waals surface area contributed by atoms with Crippen LogP contribution in [0.2, 0.25) is 5.05 Å². The van der Waals surface area contributed by atoms with E-state index < -0.39 is 0 Å². The summed E-state index contributed by atoms with van der Waals surface area (Å²) in [5.41, 5.74) is 2.95. The summed E-state index contributed by atoms with van der Waals surface area (Å²) < 4.78 is 1.61. The minimum Gasteiger partial charge on any atom is -0.171 e. The van der Waals surface area contributed by atoms with E-state index in [0.717, 1.165) is 0 Å². The van der Waals surface area contributed by atoms with Crippen LogP contribution in [-0.4, -0.2) is 20.4 Å². The van der Waals surface area contributed by atoms with Crippen molar-refractivity contribution >= 4 is 41.0 Å². The van der Waals surface area contributed by atoms with E-state index in [9.17, 15) is 0 Å². The van der Waals surface area contributed by atoms with Gasteiger partial charge >= 0.3 is 20.4 Å². The second kappa shape index (κ2) is 5.17. The molecule has 0 radical (unpaired) electrons. The first-order valence-electron chi connectivity index (χ1n) is 3.80. The smallest absolute Gasteiger partial charge is 0.171 e. The minimum absolute atomic E-state index is 0. The second-order valence-corrected chi connectivity index (χ2v) is 4.18. The molecular weight excluding hydrogens is 212 g/mol. The molecule has 0 heterocycles. The number of halogens is 1. The molecule has 0 aliphatic heterocycles. The number of aryl methyl sites for hydroxylation is 1. The van der Waals surface area contributed by atoms with Crippen molar-refractivity contribution in [3.8, 4) is 0 Å². The molecule has 58 valence electrons. The van der Waals surface area contributed by atoms with Gasteiger partial charge in [0, 0.05) is 0 Å². The van der Waals surface area contributed by atoms with Gasteiger partial charge in [-0.05, 0) is 13.8 Å². The Morgan fingerprint density at radius 3 is 2.27 bits per heavy atom. The summed E-state index contributed by atoms with van der Waals surface area (Å²) in [5.74, 6) is 0. The molecule has 0 unspecified atom stereocenters. The predicted octanol–water partition coefficient (Wildman–Crippen LogP) is 2.26. The fourth-order valence-corrected chi connectivity index (χ4v) is 2.38. The molecule has 0 atom stereocenters. The number of benzene rings is 1. The first kappa shape index (κ1) is 11.5. The molecule has 0 aliphatic carbocycles. The topological polar surface area (TPSA) is 0 Å². The molecule has 1 rings (SSSR count).